The number of hydrogen-bond acceptors (Lipinski definition) is 7. The molecule has 1 atom stereocenters. The van der Waals surface area contributed by atoms with Crippen LogP contribution < -0.4 is 9.47 Å². The molecule has 1 fully saturated rings. The Balaban J connectivity index is 1.51. The highest BCUT2D eigenvalue weighted by molar-refractivity contribution is 7.89. The van der Waals surface area contributed by atoms with Gasteiger partial charge in [0.15, 0.2) is 17.2 Å². The highest BCUT2D eigenvalue weighted by Gasteiger charge is 2.37. The van der Waals surface area contributed by atoms with Crippen LogP contribution in [0.2, 0.25) is 0 Å². The van der Waals surface area contributed by atoms with Crippen LogP contribution in [0.3, 0.4) is 0 Å². The van der Waals surface area contributed by atoms with Crippen molar-refractivity contribution in [2.24, 2.45) is 4.99 Å². The number of rotatable bonds is 3. The van der Waals surface area contributed by atoms with E-state index in [-0.39, 0.29) is 23.0 Å². The topological polar surface area (TPSA) is 95.2 Å². The largest absolute Gasteiger partial charge is 0.493 e. The van der Waals surface area contributed by atoms with Crippen molar-refractivity contribution >= 4 is 21.5 Å². The number of para-hydroxylation sites is 3. The number of piperazine rings is 1. The fourth-order valence-electron chi connectivity index (χ4n) is 4.52. The van der Waals surface area contributed by atoms with Crippen molar-refractivity contribution in [2.75, 3.05) is 26.7 Å². The van der Waals surface area contributed by atoms with Crippen LogP contribution in [0.25, 0.3) is 0 Å². The number of methoxy groups -OCH3 is 1. The third-order valence-corrected chi connectivity index (χ3v) is 8.28. The minimum absolute atomic E-state index is 0.0343. The van der Waals surface area contributed by atoms with Crippen LogP contribution in [-0.4, -0.2) is 56.2 Å². The molecule has 9 heteroatoms. The molecule has 35 heavy (non-hydrogen) atoms. The summed E-state index contributed by atoms with van der Waals surface area (Å²) in [6.45, 7) is 2.97. The third-order valence-electron chi connectivity index (χ3n) is 6.20. The van der Waals surface area contributed by atoms with Crippen molar-refractivity contribution in [3.63, 3.8) is 0 Å². The number of nitriles is 1. The molecule has 3 aromatic rings. The first-order chi connectivity index (χ1) is 16.9. The molecule has 178 valence electrons. The summed E-state index contributed by atoms with van der Waals surface area (Å²) in [5.74, 6) is 2.49. The average Bonchev–Trinajstić information content (AvgIpc) is 3.05. The maximum Gasteiger partial charge on any atom is 0.244 e. The second-order valence-electron chi connectivity index (χ2n) is 8.36. The van der Waals surface area contributed by atoms with Crippen LogP contribution in [0, 0.1) is 11.3 Å². The van der Waals surface area contributed by atoms with Crippen LogP contribution in [-0.2, 0) is 10.0 Å². The van der Waals surface area contributed by atoms with Gasteiger partial charge in [0.05, 0.1) is 23.1 Å². The number of benzene rings is 3. The summed E-state index contributed by atoms with van der Waals surface area (Å²) in [4.78, 5) is 7.05. The Hall–Kier alpha value is -3.87. The van der Waals surface area contributed by atoms with Crippen molar-refractivity contribution in [3.8, 4) is 23.3 Å². The zero-order chi connectivity index (χ0) is 24.6. The van der Waals surface area contributed by atoms with E-state index in [1.165, 1.54) is 16.4 Å². The van der Waals surface area contributed by atoms with E-state index in [0.29, 0.717) is 41.9 Å². The molecule has 0 N–H and O–H groups in total. The van der Waals surface area contributed by atoms with Crippen molar-refractivity contribution in [3.05, 3.63) is 77.9 Å². The Morgan fingerprint density at radius 1 is 1.06 bits per heavy atom. The highest BCUT2D eigenvalue weighted by atomic mass is 32.2. The molecular formula is C26H24N4O4S. The molecule has 5 rings (SSSR count). The standard InChI is InChI=1S/C26H24N4O4S/c1-18-17-29(14-15-30(18)35(31,32)24-13-6-3-8-19(24)16-27)26-20-9-7-12-23(33-2)25(20)34-22-11-5-4-10-21(22)28-26/h3-13,18H,14-15,17H2,1-2H3. The summed E-state index contributed by atoms with van der Waals surface area (Å²) in [6, 6.07) is 21.1. The molecule has 3 aromatic carbocycles. The number of nitrogens with zero attached hydrogens (tertiary/aromatic N) is 4. The normalized spacial score (nSPS) is 17.8. The SMILES string of the molecule is COc1cccc2c1Oc1ccccc1N=C2N1CCN(S(=O)(=O)c2ccccc2C#N)C(C)C1. The highest BCUT2D eigenvalue weighted by Crippen LogP contribution is 2.43. The maximum atomic E-state index is 13.5. The van der Waals surface area contributed by atoms with Crippen molar-refractivity contribution < 1.29 is 17.9 Å². The van der Waals surface area contributed by atoms with E-state index in [1.54, 1.807) is 19.2 Å². The van der Waals surface area contributed by atoms with Gasteiger partial charge in [0.25, 0.3) is 0 Å². The zero-order valence-corrected chi connectivity index (χ0v) is 20.2. The van der Waals surface area contributed by atoms with Gasteiger partial charge in [-0.2, -0.15) is 9.57 Å². The summed E-state index contributed by atoms with van der Waals surface area (Å²) in [5.41, 5.74) is 1.61. The van der Waals surface area contributed by atoms with E-state index in [2.05, 4.69) is 4.90 Å². The molecule has 0 saturated carbocycles. The summed E-state index contributed by atoms with van der Waals surface area (Å²) < 4.78 is 40.2. The molecule has 0 spiro atoms. The van der Waals surface area contributed by atoms with Crippen LogP contribution in [0.5, 0.6) is 17.2 Å². The van der Waals surface area contributed by atoms with Gasteiger partial charge in [-0.3, -0.25) is 0 Å². The first kappa shape index (κ1) is 22.9. The monoisotopic (exact) mass is 488 g/mol. The van der Waals surface area contributed by atoms with Crippen LogP contribution in [0.1, 0.15) is 18.1 Å². The number of sulfonamides is 1. The van der Waals surface area contributed by atoms with Gasteiger partial charge < -0.3 is 14.4 Å². The summed E-state index contributed by atoms with van der Waals surface area (Å²) in [5, 5.41) is 9.42. The van der Waals surface area contributed by atoms with E-state index < -0.39 is 10.0 Å². The number of ether oxygens (including phenoxy) is 2. The third kappa shape index (κ3) is 4.01. The second kappa shape index (κ2) is 9.06. The molecule has 2 heterocycles. The Morgan fingerprint density at radius 2 is 1.83 bits per heavy atom. The molecule has 1 saturated heterocycles. The molecule has 0 aliphatic carbocycles. The van der Waals surface area contributed by atoms with Gasteiger partial charge in [-0.05, 0) is 43.3 Å². The van der Waals surface area contributed by atoms with E-state index in [1.807, 2.05) is 55.5 Å². The van der Waals surface area contributed by atoms with Gasteiger partial charge in [-0.15, -0.1) is 0 Å². The molecular weight excluding hydrogens is 464 g/mol. The number of hydrogen-bond donors (Lipinski definition) is 0. The Bertz CT molecular complexity index is 1460. The molecule has 0 aromatic heterocycles. The van der Waals surface area contributed by atoms with E-state index in [9.17, 15) is 13.7 Å². The van der Waals surface area contributed by atoms with Crippen molar-refractivity contribution in [1.82, 2.24) is 9.21 Å². The number of amidine groups is 1. The molecule has 0 amide bonds. The quantitative estimate of drug-likeness (QED) is 0.550. The minimum Gasteiger partial charge on any atom is -0.493 e. The summed E-state index contributed by atoms with van der Waals surface area (Å²) in [6.07, 6.45) is 0. The lowest BCUT2D eigenvalue weighted by Gasteiger charge is -2.40. The predicted octanol–water partition coefficient (Wildman–Crippen LogP) is 4.15. The number of aliphatic imine (C=N–C) groups is 1. The van der Waals surface area contributed by atoms with Gasteiger partial charge in [0, 0.05) is 25.7 Å². The van der Waals surface area contributed by atoms with Crippen LogP contribution in [0.15, 0.2) is 76.6 Å². The maximum absolute atomic E-state index is 13.5. The van der Waals surface area contributed by atoms with Crippen molar-refractivity contribution in [2.45, 2.75) is 17.9 Å². The van der Waals surface area contributed by atoms with Crippen LogP contribution >= 0.6 is 0 Å². The zero-order valence-electron chi connectivity index (χ0n) is 19.4. The Kier molecular flexibility index (Phi) is 5.93. The average molecular weight is 489 g/mol. The molecule has 0 radical (unpaired) electrons. The second-order valence-corrected chi connectivity index (χ2v) is 10.2. The summed E-state index contributed by atoms with van der Waals surface area (Å²) in [7, 11) is -2.24. The molecule has 0 bridgehead atoms. The van der Waals surface area contributed by atoms with E-state index in [0.717, 1.165) is 5.56 Å². The lowest BCUT2D eigenvalue weighted by molar-refractivity contribution is 0.205. The molecule has 2 aliphatic heterocycles. The fourth-order valence-corrected chi connectivity index (χ4v) is 6.28. The van der Waals surface area contributed by atoms with E-state index in [4.69, 9.17) is 14.5 Å². The van der Waals surface area contributed by atoms with E-state index >= 15 is 0 Å². The lowest BCUT2D eigenvalue weighted by atomic mass is 10.1. The number of fused-ring (bicyclic) bond motifs is 2. The van der Waals surface area contributed by atoms with Gasteiger partial charge in [0.1, 0.15) is 17.6 Å². The lowest BCUT2D eigenvalue weighted by Crippen LogP contribution is -2.55. The predicted molar refractivity (Wildman–Crippen MR) is 132 cm³/mol. The fraction of sp³-hybridized carbons (Fsp3) is 0.231. The molecule has 8 nitrogen and oxygen atoms in total. The Morgan fingerprint density at radius 3 is 2.60 bits per heavy atom. The molecule has 1 unspecified atom stereocenters. The van der Waals surface area contributed by atoms with Gasteiger partial charge in [-0.25, -0.2) is 13.4 Å². The minimum atomic E-state index is -3.84. The summed E-state index contributed by atoms with van der Waals surface area (Å²) >= 11 is 0. The van der Waals surface area contributed by atoms with Gasteiger partial charge >= 0.3 is 0 Å². The first-order valence-electron chi connectivity index (χ1n) is 11.2. The van der Waals surface area contributed by atoms with Crippen molar-refractivity contribution in [1.29, 1.82) is 5.26 Å². The molecule has 2 aliphatic rings. The van der Waals surface area contributed by atoms with Gasteiger partial charge in [-0.1, -0.05) is 30.3 Å². The smallest absolute Gasteiger partial charge is 0.244 e. The van der Waals surface area contributed by atoms with Crippen LogP contribution in [0.4, 0.5) is 5.69 Å². The van der Waals surface area contributed by atoms with Gasteiger partial charge in [0.2, 0.25) is 10.0 Å². The first-order valence-corrected chi connectivity index (χ1v) is 12.7. The Labute approximate surface area is 204 Å².